The summed E-state index contributed by atoms with van der Waals surface area (Å²) < 4.78 is 3.90. The van der Waals surface area contributed by atoms with Crippen LogP contribution in [0.15, 0.2) is 60.2 Å². The summed E-state index contributed by atoms with van der Waals surface area (Å²) in [5.74, 6) is 0.765. The molecule has 0 bridgehead atoms. The molecule has 0 radical (unpaired) electrons. The van der Waals surface area contributed by atoms with E-state index in [4.69, 9.17) is 0 Å². The highest BCUT2D eigenvalue weighted by atomic mass is 15.3. The third-order valence-corrected chi connectivity index (χ3v) is 3.96. The minimum Gasteiger partial charge on any atom is -0.352 e. The molecule has 0 spiro atoms. The van der Waals surface area contributed by atoms with Crippen LogP contribution in [-0.2, 0) is 26.7 Å². The van der Waals surface area contributed by atoms with Crippen molar-refractivity contribution in [3.05, 3.63) is 72.1 Å². The van der Waals surface area contributed by atoms with Crippen LogP contribution in [0.3, 0.4) is 0 Å². The van der Waals surface area contributed by atoms with E-state index >= 15 is 0 Å². The normalized spacial score (nSPS) is 11.5. The molecular weight excluding hydrogens is 314 g/mol. The molecule has 0 atom stereocenters. The fraction of sp³-hybridized carbons (Fsp3) is 0.278. The van der Waals surface area contributed by atoms with E-state index in [2.05, 4.69) is 54.5 Å². The van der Waals surface area contributed by atoms with Crippen LogP contribution in [0.5, 0.6) is 0 Å². The maximum absolute atomic E-state index is 4.27. The number of nitrogens with zero attached hydrogens (tertiary/aromatic N) is 5. The molecule has 1 aromatic carbocycles. The molecule has 0 aliphatic carbocycles. The van der Waals surface area contributed by atoms with Crippen molar-refractivity contribution in [3.8, 4) is 0 Å². The number of rotatable bonds is 6. The van der Waals surface area contributed by atoms with E-state index in [0.717, 1.165) is 18.2 Å². The highest BCUT2D eigenvalue weighted by molar-refractivity contribution is 5.79. The molecule has 0 amide bonds. The van der Waals surface area contributed by atoms with Gasteiger partial charge in [0, 0.05) is 45.8 Å². The van der Waals surface area contributed by atoms with Crippen LogP contribution in [0.4, 0.5) is 0 Å². The maximum atomic E-state index is 4.27. The third kappa shape index (κ3) is 4.69. The van der Waals surface area contributed by atoms with Crippen LogP contribution in [-0.4, -0.2) is 32.3 Å². The van der Waals surface area contributed by atoms with Crippen LogP contribution >= 0.6 is 0 Å². The number of aromatic nitrogens is 4. The smallest absolute Gasteiger partial charge is 0.191 e. The van der Waals surface area contributed by atoms with Gasteiger partial charge in [-0.25, -0.2) is 4.98 Å². The zero-order chi connectivity index (χ0) is 17.5. The van der Waals surface area contributed by atoms with Crippen LogP contribution in [0.2, 0.25) is 0 Å². The van der Waals surface area contributed by atoms with Crippen molar-refractivity contribution in [2.75, 3.05) is 7.05 Å². The van der Waals surface area contributed by atoms with Crippen molar-refractivity contribution in [2.24, 2.45) is 12.0 Å². The van der Waals surface area contributed by atoms with Crippen molar-refractivity contribution in [3.63, 3.8) is 0 Å². The average Bonchev–Trinajstić information content (AvgIpc) is 3.27. The number of nitrogens with one attached hydrogen (secondary N) is 2. The Kier molecular flexibility index (Phi) is 5.46. The summed E-state index contributed by atoms with van der Waals surface area (Å²) in [6.07, 6.45) is 7.38. The maximum Gasteiger partial charge on any atom is 0.191 e. The van der Waals surface area contributed by atoms with Gasteiger partial charge in [-0.3, -0.25) is 9.67 Å². The molecule has 0 saturated carbocycles. The summed E-state index contributed by atoms with van der Waals surface area (Å²) in [7, 11) is 3.70. The van der Waals surface area contributed by atoms with Gasteiger partial charge in [0.15, 0.2) is 5.96 Å². The highest BCUT2D eigenvalue weighted by Crippen LogP contribution is 2.07. The lowest BCUT2D eigenvalue weighted by atomic mass is 10.1. The Morgan fingerprint density at radius 1 is 1.12 bits per heavy atom. The Bertz CT molecular complexity index is 818. The average molecular weight is 337 g/mol. The molecule has 3 rings (SSSR count). The molecule has 130 valence electrons. The number of aryl methyl sites for hydroxylation is 1. The monoisotopic (exact) mass is 337 g/mol. The first-order valence-electron chi connectivity index (χ1n) is 8.19. The van der Waals surface area contributed by atoms with Crippen LogP contribution in [0.25, 0.3) is 0 Å². The molecular formula is C18H23N7. The summed E-state index contributed by atoms with van der Waals surface area (Å²) in [4.78, 5) is 8.35. The molecule has 0 aliphatic rings. The van der Waals surface area contributed by atoms with E-state index in [9.17, 15) is 0 Å². The minimum atomic E-state index is 0.677. The van der Waals surface area contributed by atoms with Crippen LogP contribution in [0.1, 0.15) is 16.8 Å². The first-order chi connectivity index (χ1) is 12.2. The number of hydrogen-bond donors (Lipinski definition) is 2. The van der Waals surface area contributed by atoms with Gasteiger partial charge in [-0.2, -0.15) is 5.10 Å². The number of guanidine groups is 1. The zero-order valence-corrected chi connectivity index (χ0v) is 14.6. The van der Waals surface area contributed by atoms with Crippen molar-refractivity contribution in [1.29, 1.82) is 0 Å². The second-order valence-corrected chi connectivity index (χ2v) is 5.78. The van der Waals surface area contributed by atoms with Crippen molar-refractivity contribution in [2.45, 2.75) is 19.6 Å². The molecule has 25 heavy (non-hydrogen) atoms. The van der Waals surface area contributed by atoms with Gasteiger partial charge in [-0.05, 0) is 17.2 Å². The number of hydrogen-bond acceptors (Lipinski definition) is 3. The Morgan fingerprint density at radius 3 is 2.68 bits per heavy atom. The van der Waals surface area contributed by atoms with Gasteiger partial charge in [0.1, 0.15) is 0 Å². The summed E-state index contributed by atoms with van der Waals surface area (Å²) in [6.45, 7) is 2.21. The van der Waals surface area contributed by atoms with Gasteiger partial charge in [0.2, 0.25) is 0 Å². The lowest BCUT2D eigenvalue weighted by Gasteiger charge is -2.13. The summed E-state index contributed by atoms with van der Waals surface area (Å²) in [5.41, 5.74) is 3.56. The molecule has 2 aromatic heterocycles. The third-order valence-electron chi connectivity index (χ3n) is 3.96. The largest absolute Gasteiger partial charge is 0.352 e. The van der Waals surface area contributed by atoms with E-state index in [1.807, 2.05) is 30.3 Å². The summed E-state index contributed by atoms with van der Waals surface area (Å²) in [6, 6.07) is 10.5. The Labute approximate surface area is 147 Å². The van der Waals surface area contributed by atoms with E-state index < -0.39 is 0 Å². The number of imidazole rings is 1. The standard InChI is InChI=1S/C18H23N7/c1-19-18(22-12-17-6-7-23-24(17)2)21-11-15-4-3-5-16(10-15)13-25-9-8-20-14-25/h3-10,14H,11-13H2,1-2H3,(H2,19,21,22). The first kappa shape index (κ1) is 16.8. The van der Waals surface area contributed by atoms with E-state index in [0.29, 0.717) is 13.1 Å². The van der Waals surface area contributed by atoms with Gasteiger partial charge in [-0.15, -0.1) is 0 Å². The first-order valence-corrected chi connectivity index (χ1v) is 8.19. The molecule has 7 nitrogen and oxygen atoms in total. The fourth-order valence-corrected chi connectivity index (χ4v) is 2.58. The molecule has 2 heterocycles. The predicted octanol–water partition coefficient (Wildman–Crippen LogP) is 1.53. The van der Waals surface area contributed by atoms with E-state index in [1.54, 1.807) is 19.4 Å². The highest BCUT2D eigenvalue weighted by Gasteiger charge is 2.03. The molecule has 7 heteroatoms. The fourth-order valence-electron chi connectivity index (χ4n) is 2.58. The van der Waals surface area contributed by atoms with Gasteiger partial charge in [0.05, 0.1) is 18.6 Å². The molecule has 0 saturated heterocycles. The molecule has 0 unspecified atom stereocenters. The van der Waals surface area contributed by atoms with Gasteiger partial charge >= 0.3 is 0 Å². The minimum absolute atomic E-state index is 0.677. The van der Waals surface area contributed by atoms with Crippen molar-refractivity contribution in [1.82, 2.24) is 30.0 Å². The lowest BCUT2D eigenvalue weighted by Crippen LogP contribution is -2.36. The van der Waals surface area contributed by atoms with Gasteiger partial charge in [-0.1, -0.05) is 24.3 Å². The van der Waals surface area contributed by atoms with Gasteiger partial charge < -0.3 is 15.2 Å². The van der Waals surface area contributed by atoms with Crippen LogP contribution in [0, 0.1) is 0 Å². The summed E-state index contributed by atoms with van der Waals surface area (Å²) >= 11 is 0. The van der Waals surface area contributed by atoms with E-state index in [-0.39, 0.29) is 0 Å². The molecule has 3 aromatic rings. The second kappa shape index (κ2) is 8.14. The SMILES string of the molecule is CN=C(NCc1cccc(Cn2ccnc2)c1)NCc1ccnn1C. The molecule has 2 N–H and O–H groups in total. The van der Waals surface area contributed by atoms with Crippen molar-refractivity contribution >= 4 is 5.96 Å². The second-order valence-electron chi connectivity index (χ2n) is 5.78. The molecule has 0 aliphatic heterocycles. The number of benzene rings is 1. The van der Waals surface area contributed by atoms with Crippen molar-refractivity contribution < 1.29 is 0 Å². The number of aliphatic imine (C=N–C) groups is 1. The van der Waals surface area contributed by atoms with E-state index in [1.165, 1.54) is 11.1 Å². The zero-order valence-electron chi connectivity index (χ0n) is 14.6. The topological polar surface area (TPSA) is 72.1 Å². The predicted molar refractivity (Wildman–Crippen MR) is 98.0 cm³/mol. The summed E-state index contributed by atoms with van der Waals surface area (Å²) in [5, 5.41) is 10.8. The quantitative estimate of drug-likeness (QED) is 0.529. The molecule has 0 fully saturated rings. The Balaban J connectivity index is 1.54. The lowest BCUT2D eigenvalue weighted by molar-refractivity contribution is 0.684. The Hall–Kier alpha value is -3.09. The van der Waals surface area contributed by atoms with Gasteiger partial charge in [0.25, 0.3) is 0 Å². The Morgan fingerprint density at radius 2 is 1.96 bits per heavy atom. The van der Waals surface area contributed by atoms with Crippen LogP contribution < -0.4 is 10.6 Å².